The second kappa shape index (κ2) is 10.3. The average molecular weight is 439 g/mol. The fourth-order valence-corrected chi connectivity index (χ4v) is 2.93. The molecule has 32 heavy (non-hydrogen) atoms. The third-order valence-electron chi connectivity index (χ3n) is 4.58. The predicted molar refractivity (Wildman–Crippen MR) is 111 cm³/mol. The number of carbonyl (C=O) groups is 3. The van der Waals surface area contributed by atoms with E-state index in [1.165, 1.54) is 55.6 Å². The Balaban J connectivity index is 1.69. The number of halogens is 2. The number of hydrogen-bond acceptors (Lipinski definition) is 5. The van der Waals surface area contributed by atoms with Gasteiger partial charge in [0.15, 0.2) is 0 Å². The standard InChI is InChI=1S/C24H19F2NO5/c1-31-24(30)21(27-22(28)17-6-2-4-8-19(17)25)14-15-10-12-16(13-11-15)32-23(29)18-7-3-5-9-20(18)26/h2-13,21H,14H2,1H3,(H,27,28). The Morgan fingerprint density at radius 2 is 1.41 bits per heavy atom. The van der Waals surface area contributed by atoms with Crippen molar-refractivity contribution in [2.75, 3.05) is 7.11 Å². The van der Waals surface area contributed by atoms with E-state index in [1.54, 1.807) is 12.1 Å². The summed E-state index contributed by atoms with van der Waals surface area (Å²) >= 11 is 0. The molecule has 0 heterocycles. The number of nitrogens with one attached hydrogen (secondary N) is 1. The highest BCUT2D eigenvalue weighted by Gasteiger charge is 2.24. The summed E-state index contributed by atoms with van der Waals surface area (Å²) in [6.07, 6.45) is 0.0500. The lowest BCUT2D eigenvalue weighted by molar-refractivity contribution is -0.142. The van der Waals surface area contributed by atoms with Gasteiger partial charge in [-0.25, -0.2) is 18.4 Å². The molecule has 1 amide bonds. The van der Waals surface area contributed by atoms with Gasteiger partial charge >= 0.3 is 11.9 Å². The van der Waals surface area contributed by atoms with E-state index in [0.29, 0.717) is 5.56 Å². The Kier molecular flexibility index (Phi) is 7.28. The highest BCUT2D eigenvalue weighted by Crippen LogP contribution is 2.17. The minimum Gasteiger partial charge on any atom is -0.467 e. The second-order valence-electron chi connectivity index (χ2n) is 6.75. The molecule has 0 fully saturated rings. The first kappa shape index (κ1) is 22.6. The molecule has 0 aliphatic rings. The molecular weight excluding hydrogens is 420 g/mol. The first-order valence-corrected chi connectivity index (χ1v) is 9.58. The Hall–Kier alpha value is -4.07. The smallest absolute Gasteiger partial charge is 0.346 e. The zero-order valence-electron chi connectivity index (χ0n) is 17.0. The van der Waals surface area contributed by atoms with Gasteiger partial charge < -0.3 is 14.8 Å². The van der Waals surface area contributed by atoms with E-state index in [9.17, 15) is 23.2 Å². The van der Waals surface area contributed by atoms with E-state index < -0.39 is 35.5 Å². The van der Waals surface area contributed by atoms with Crippen molar-refractivity contribution in [1.29, 1.82) is 0 Å². The predicted octanol–water partition coefficient (Wildman–Crippen LogP) is 3.70. The van der Waals surface area contributed by atoms with Crippen LogP contribution in [0.15, 0.2) is 72.8 Å². The van der Waals surface area contributed by atoms with Gasteiger partial charge in [-0.05, 0) is 42.0 Å². The second-order valence-corrected chi connectivity index (χ2v) is 6.75. The van der Waals surface area contributed by atoms with Gasteiger partial charge in [-0.3, -0.25) is 4.79 Å². The normalized spacial score (nSPS) is 11.3. The zero-order chi connectivity index (χ0) is 23.1. The van der Waals surface area contributed by atoms with Gasteiger partial charge in [-0.15, -0.1) is 0 Å². The summed E-state index contributed by atoms with van der Waals surface area (Å²) in [7, 11) is 1.18. The van der Waals surface area contributed by atoms with Crippen LogP contribution in [0.1, 0.15) is 26.3 Å². The molecule has 164 valence electrons. The van der Waals surface area contributed by atoms with Crippen LogP contribution in [0.2, 0.25) is 0 Å². The molecule has 1 atom stereocenters. The van der Waals surface area contributed by atoms with Crippen molar-refractivity contribution in [2.45, 2.75) is 12.5 Å². The van der Waals surface area contributed by atoms with Gasteiger partial charge in [0.1, 0.15) is 23.4 Å². The first-order valence-electron chi connectivity index (χ1n) is 9.58. The molecule has 0 spiro atoms. The Labute approximate surface area is 182 Å². The number of methoxy groups -OCH3 is 1. The molecule has 3 aromatic rings. The Bertz CT molecular complexity index is 1130. The van der Waals surface area contributed by atoms with Crippen LogP contribution in [-0.4, -0.2) is 31.0 Å². The van der Waals surface area contributed by atoms with E-state index in [-0.39, 0.29) is 23.3 Å². The van der Waals surface area contributed by atoms with Crippen molar-refractivity contribution in [2.24, 2.45) is 0 Å². The molecule has 1 N–H and O–H groups in total. The molecular formula is C24H19F2NO5. The van der Waals surface area contributed by atoms with E-state index in [1.807, 2.05) is 0 Å². The molecule has 8 heteroatoms. The van der Waals surface area contributed by atoms with Gasteiger partial charge in [-0.1, -0.05) is 36.4 Å². The van der Waals surface area contributed by atoms with E-state index in [0.717, 1.165) is 12.1 Å². The monoisotopic (exact) mass is 439 g/mol. The summed E-state index contributed by atoms with van der Waals surface area (Å²) in [5.74, 6) is -3.54. The molecule has 0 bridgehead atoms. The highest BCUT2D eigenvalue weighted by molar-refractivity contribution is 5.97. The minimum atomic E-state index is -1.07. The number of benzene rings is 3. The van der Waals surface area contributed by atoms with Crippen LogP contribution in [0.4, 0.5) is 8.78 Å². The van der Waals surface area contributed by atoms with Crippen molar-refractivity contribution in [3.8, 4) is 5.75 Å². The van der Waals surface area contributed by atoms with E-state index in [4.69, 9.17) is 9.47 Å². The molecule has 0 aliphatic carbocycles. The van der Waals surface area contributed by atoms with Crippen molar-refractivity contribution in [3.05, 3.63) is 101 Å². The number of hydrogen-bond donors (Lipinski definition) is 1. The fraction of sp³-hybridized carbons (Fsp3) is 0.125. The topological polar surface area (TPSA) is 81.7 Å². The summed E-state index contributed by atoms with van der Waals surface area (Å²) in [4.78, 5) is 36.6. The van der Waals surface area contributed by atoms with Crippen molar-refractivity contribution < 1.29 is 32.6 Å². The lowest BCUT2D eigenvalue weighted by Crippen LogP contribution is -2.43. The summed E-state index contributed by atoms with van der Waals surface area (Å²) in [5, 5.41) is 2.47. The fourth-order valence-electron chi connectivity index (χ4n) is 2.93. The Morgan fingerprint density at radius 3 is 1.97 bits per heavy atom. The van der Waals surface area contributed by atoms with E-state index >= 15 is 0 Å². The van der Waals surface area contributed by atoms with Gasteiger partial charge in [0.2, 0.25) is 0 Å². The molecule has 3 rings (SSSR count). The summed E-state index contributed by atoms with van der Waals surface area (Å²) in [6.45, 7) is 0. The molecule has 0 saturated heterocycles. The van der Waals surface area contributed by atoms with Crippen LogP contribution in [0.5, 0.6) is 5.75 Å². The van der Waals surface area contributed by atoms with Gasteiger partial charge in [0, 0.05) is 6.42 Å². The largest absolute Gasteiger partial charge is 0.467 e. The van der Waals surface area contributed by atoms with Crippen LogP contribution in [-0.2, 0) is 16.0 Å². The third kappa shape index (κ3) is 5.54. The molecule has 0 saturated carbocycles. The molecule has 3 aromatic carbocycles. The minimum absolute atomic E-state index is 0.0500. The molecule has 0 aromatic heterocycles. The first-order chi connectivity index (χ1) is 15.4. The molecule has 6 nitrogen and oxygen atoms in total. The maximum atomic E-state index is 13.9. The van der Waals surface area contributed by atoms with Gasteiger partial charge in [-0.2, -0.15) is 0 Å². The summed E-state index contributed by atoms with van der Waals surface area (Å²) < 4.78 is 37.5. The number of esters is 2. The maximum Gasteiger partial charge on any atom is 0.346 e. The van der Waals surface area contributed by atoms with Crippen molar-refractivity contribution in [1.82, 2.24) is 5.32 Å². The van der Waals surface area contributed by atoms with Crippen molar-refractivity contribution in [3.63, 3.8) is 0 Å². The SMILES string of the molecule is COC(=O)C(Cc1ccc(OC(=O)c2ccccc2F)cc1)NC(=O)c1ccccc1F. The van der Waals surface area contributed by atoms with Crippen LogP contribution >= 0.6 is 0 Å². The van der Waals surface area contributed by atoms with Gasteiger partial charge in [0.25, 0.3) is 5.91 Å². The van der Waals surface area contributed by atoms with Crippen LogP contribution in [0.25, 0.3) is 0 Å². The average Bonchev–Trinajstić information content (AvgIpc) is 2.79. The molecule has 0 radical (unpaired) electrons. The highest BCUT2D eigenvalue weighted by atomic mass is 19.1. The maximum absolute atomic E-state index is 13.9. The number of carbonyl (C=O) groups excluding carboxylic acids is 3. The number of rotatable bonds is 7. The molecule has 1 unspecified atom stereocenters. The lowest BCUT2D eigenvalue weighted by atomic mass is 10.0. The zero-order valence-corrected chi connectivity index (χ0v) is 17.0. The lowest BCUT2D eigenvalue weighted by Gasteiger charge is -2.17. The Morgan fingerprint density at radius 1 is 0.844 bits per heavy atom. The van der Waals surface area contributed by atoms with Crippen molar-refractivity contribution >= 4 is 17.8 Å². The third-order valence-corrected chi connectivity index (χ3v) is 4.58. The van der Waals surface area contributed by atoms with Crippen LogP contribution in [0.3, 0.4) is 0 Å². The summed E-state index contributed by atoms with van der Waals surface area (Å²) in [6, 6.07) is 15.9. The molecule has 0 aliphatic heterocycles. The number of amides is 1. The quantitative estimate of drug-likeness (QED) is 0.449. The number of ether oxygens (including phenoxy) is 2. The van der Waals surface area contributed by atoms with Crippen LogP contribution < -0.4 is 10.1 Å². The summed E-state index contributed by atoms with van der Waals surface area (Å²) in [5.41, 5.74) is 0.218. The van der Waals surface area contributed by atoms with Gasteiger partial charge in [0.05, 0.1) is 18.2 Å². The van der Waals surface area contributed by atoms with Crippen LogP contribution in [0, 0.1) is 11.6 Å². The van der Waals surface area contributed by atoms with E-state index in [2.05, 4.69) is 5.32 Å².